The summed E-state index contributed by atoms with van der Waals surface area (Å²) in [7, 11) is 0. The summed E-state index contributed by atoms with van der Waals surface area (Å²) in [6.07, 6.45) is 1.58. The Bertz CT molecular complexity index is 153. The van der Waals surface area contributed by atoms with E-state index in [2.05, 4.69) is 10.1 Å². The van der Waals surface area contributed by atoms with Crippen LogP contribution in [0, 0.1) is 5.92 Å². The quantitative estimate of drug-likeness (QED) is 0.655. The zero-order valence-electron chi connectivity index (χ0n) is 6.09. The molecule has 1 saturated heterocycles. The Kier molecular flexibility index (Phi) is 1.81. The number of alkyl halides is 2. The lowest BCUT2D eigenvalue weighted by Gasteiger charge is -2.21. The molecule has 0 radical (unpaired) electrons. The third kappa shape index (κ3) is 1.37. The highest BCUT2D eigenvalue weighted by atomic mass is 19.3. The van der Waals surface area contributed by atoms with Crippen LogP contribution in [0.3, 0.4) is 0 Å². The summed E-state index contributed by atoms with van der Waals surface area (Å²) in [6, 6.07) is 0.434. The fourth-order valence-corrected chi connectivity index (χ4v) is 2.08. The van der Waals surface area contributed by atoms with Crippen LogP contribution in [0.25, 0.3) is 0 Å². The minimum atomic E-state index is -2.60. The molecule has 1 heterocycles. The second kappa shape index (κ2) is 2.68. The molecule has 4 heteroatoms. The molecule has 11 heavy (non-hydrogen) atoms. The van der Waals surface area contributed by atoms with Gasteiger partial charge in [-0.25, -0.2) is 0 Å². The van der Waals surface area contributed by atoms with Crippen LogP contribution < -0.4 is 5.32 Å². The minimum Gasteiger partial charge on any atom is -0.319 e. The van der Waals surface area contributed by atoms with E-state index in [1.807, 2.05) is 0 Å². The van der Waals surface area contributed by atoms with Crippen molar-refractivity contribution >= 4 is 0 Å². The van der Waals surface area contributed by atoms with Crippen molar-refractivity contribution in [2.24, 2.45) is 5.92 Å². The molecule has 0 aromatic rings. The van der Waals surface area contributed by atoms with E-state index in [1.165, 1.54) is 0 Å². The van der Waals surface area contributed by atoms with Crippen LogP contribution in [0.5, 0.6) is 0 Å². The van der Waals surface area contributed by atoms with Crippen molar-refractivity contribution in [1.82, 2.24) is 5.32 Å². The van der Waals surface area contributed by atoms with E-state index in [0.717, 1.165) is 19.4 Å². The van der Waals surface area contributed by atoms with E-state index in [9.17, 15) is 8.78 Å². The predicted molar refractivity (Wildman–Crippen MR) is 35.4 cm³/mol. The van der Waals surface area contributed by atoms with Crippen molar-refractivity contribution in [3.05, 3.63) is 0 Å². The lowest BCUT2D eigenvalue weighted by Crippen LogP contribution is -2.35. The molecule has 3 unspecified atom stereocenters. The predicted octanol–water partition coefficient (Wildman–Crippen LogP) is 0.976. The van der Waals surface area contributed by atoms with Crippen molar-refractivity contribution in [3.8, 4) is 0 Å². The van der Waals surface area contributed by atoms with Crippen molar-refractivity contribution in [3.63, 3.8) is 0 Å². The smallest absolute Gasteiger partial charge is 0.319 e. The van der Waals surface area contributed by atoms with Crippen molar-refractivity contribution in [1.29, 1.82) is 0 Å². The second-order valence-electron chi connectivity index (χ2n) is 3.27. The Labute approximate surface area is 63.9 Å². The minimum absolute atomic E-state index is 0.193. The summed E-state index contributed by atoms with van der Waals surface area (Å²) in [5.41, 5.74) is 0. The number of nitrogens with one attached hydrogen (secondary N) is 1. The second-order valence-corrected chi connectivity index (χ2v) is 3.27. The number of rotatable bonds is 2. The van der Waals surface area contributed by atoms with Gasteiger partial charge >= 0.3 is 6.61 Å². The number of fused-ring (bicyclic) bond motifs is 2. The van der Waals surface area contributed by atoms with E-state index in [-0.39, 0.29) is 6.10 Å². The molecule has 3 atom stereocenters. The molecule has 0 aromatic heterocycles. The van der Waals surface area contributed by atoms with Crippen LogP contribution in [0.2, 0.25) is 0 Å². The van der Waals surface area contributed by atoms with Crippen molar-refractivity contribution in [2.45, 2.75) is 31.6 Å². The first kappa shape index (κ1) is 7.43. The third-order valence-electron chi connectivity index (χ3n) is 2.58. The molecule has 1 aliphatic carbocycles. The maximum Gasteiger partial charge on any atom is 0.345 e. The highest BCUT2D eigenvalue weighted by Gasteiger charge is 2.41. The fourth-order valence-electron chi connectivity index (χ4n) is 2.08. The summed E-state index contributed by atoms with van der Waals surface area (Å²) in [4.78, 5) is 0. The Morgan fingerprint density at radius 2 is 2.18 bits per heavy atom. The molecule has 2 aliphatic rings. The van der Waals surface area contributed by atoms with Gasteiger partial charge in [-0.15, -0.1) is 0 Å². The molecule has 1 N–H and O–H groups in total. The average molecular weight is 163 g/mol. The molecule has 1 saturated carbocycles. The van der Waals surface area contributed by atoms with Gasteiger partial charge in [0, 0.05) is 12.6 Å². The molecule has 64 valence electrons. The largest absolute Gasteiger partial charge is 0.345 e. The van der Waals surface area contributed by atoms with Gasteiger partial charge in [0.1, 0.15) is 0 Å². The lowest BCUT2D eigenvalue weighted by atomic mass is 10.1. The normalized spacial score (nSPS) is 42.3. The summed E-state index contributed by atoms with van der Waals surface area (Å²) >= 11 is 0. The summed E-state index contributed by atoms with van der Waals surface area (Å²) in [6.45, 7) is -1.75. The average Bonchev–Trinajstić information content (AvgIpc) is 2.45. The number of hydrogen-bond donors (Lipinski definition) is 1. The molecule has 0 spiro atoms. The first-order valence-electron chi connectivity index (χ1n) is 3.92. The highest BCUT2D eigenvalue weighted by molar-refractivity contribution is 4.95. The molecule has 2 nitrogen and oxygen atoms in total. The molecule has 2 fully saturated rings. The van der Waals surface area contributed by atoms with Gasteiger partial charge < -0.3 is 10.1 Å². The van der Waals surface area contributed by atoms with E-state index in [0.29, 0.717) is 12.0 Å². The molecular formula is C7H11F2NO. The van der Waals surface area contributed by atoms with Gasteiger partial charge in [0.25, 0.3) is 0 Å². The van der Waals surface area contributed by atoms with Crippen LogP contribution in [-0.2, 0) is 4.74 Å². The Morgan fingerprint density at radius 3 is 2.64 bits per heavy atom. The number of hydrogen-bond acceptors (Lipinski definition) is 2. The van der Waals surface area contributed by atoms with Crippen LogP contribution in [0.15, 0.2) is 0 Å². The van der Waals surface area contributed by atoms with E-state index >= 15 is 0 Å². The fraction of sp³-hybridized carbons (Fsp3) is 1.00. The first-order chi connectivity index (χ1) is 5.25. The van der Waals surface area contributed by atoms with Gasteiger partial charge in [-0.1, -0.05) is 0 Å². The van der Waals surface area contributed by atoms with E-state index in [4.69, 9.17) is 0 Å². The monoisotopic (exact) mass is 163 g/mol. The van der Waals surface area contributed by atoms with Crippen molar-refractivity contribution in [2.75, 3.05) is 6.54 Å². The molecule has 2 rings (SSSR count). The third-order valence-corrected chi connectivity index (χ3v) is 2.58. The Balaban J connectivity index is 1.87. The van der Waals surface area contributed by atoms with Gasteiger partial charge in [0.2, 0.25) is 0 Å². The highest BCUT2D eigenvalue weighted by Crippen LogP contribution is 2.34. The first-order valence-corrected chi connectivity index (χ1v) is 3.92. The summed E-state index contributed by atoms with van der Waals surface area (Å²) in [5.74, 6) is 0.328. The topological polar surface area (TPSA) is 21.3 Å². The molecule has 1 aliphatic heterocycles. The Hall–Kier alpha value is -0.220. The zero-order chi connectivity index (χ0) is 7.84. The molecule has 2 bridgehead atoms. The van der Waals surface area contributed by atoms with Gasteiger partial charge in [-0.3, -0.25) is 0 Å². The maximum atomic E-state index is 11.8. The molecule has 0 amide bonds. The molecular weight excluding hydrogens is 152 g/mol. The summed E-state index contributed by atoms with van der Waals surface area (Å²) in [5, 5.41) is 3.23. The van der Waals surface area contributed by atoms with E-state index in [1.54, 1.807) is 0 Å². The number of halogens is 2. The standard InChI is InChI=1S/C7H11F2NO/c8-7(9)11-6-2-5-1-4(6)3-10-5/h4-7,10H,1-3H2. The van der Waals surface area contributed by atoms with Crippen LogP contribution in [-0.4, -0.2) is 25.3 Å². The maximum absolute atomic E-state index is 11.8. The number of ether oxygens (including phenoxy) is 1. The lowest BCUT2D eigenvalue weighted by molar-refractivity contribution is -0.172. The van der Waals surface area contributed by atoms with Gasteiger partial charge in [-0.05, 0) is 18.8 Å². The zero-order valence-corrected chi connectivity index (χ0v) is 6.09. The van der Waals surface area contributed by atoms with Gasteiger partial charge in [-0.2, -0.15) is 8.78 Å². The Morgan fingerprint density at radius 1 is 1.36 bits per heavy atom. The van der Waals surface area contributed by atoms with Gasteiger partial charge in [0.05, 0.1) is 6.10 Å². The van der Waals surface area contributed by atoms with Crippen LogP contribution >= 0.6 is 0 Å². The van der Waals surface area contributed by atoms with Crippen LogP contribution in [0.1, 0.15) is 12.8 Å². The summed E-state index contributed by atoms with van der Waals surface area (Å²) < 4.78 is 28.0. The SMILES string of the molecule is FC(F)OC1CC2CC1CN2. The van der Waals surface area contributed by atoms with Crippen LogP contribution in [0.4, 0.5) is 8.78 Å². The number of piperidine rings is 1. The van der Waals surface area contributed by atoms with Gasteiger partial charge in [0.15, 0.2) is 0 Å². The van der Waals surface area contributed by atoms with Crippen molar-refractivity contribution < 1.29 is 13.5 Å². The van der Waals surface area contributed by atoms with E-state index < -0.39 is 6.61 Å². The molecule has 0 aromatic carbocycles.